The molecule has 0 saturated carbocycles. The van der Waals surface area contributed by atoms with Gasteiger partial charge in [0.2, 0.25) is 0 Å². The summed E-state index contributed by atoms with van der Waals surface area (Å²) < 4.78 is 2.15. The van der Waals surface area contributed by atoms with Crippen LogP contribution in [0.5, 0.6) is 0 Å². The van der Waals surface area contributed by atoms with Crippen LogP contribution < -0.4 is 0 Å². The Balaban J connectivity index is 2.28. The Morgan fingerprint density at radius 2 is 2.00 bits per heavy atom. The van der Waals surface area contributed by atoms with Crippen molar-refractivity contribution in [2.75, 3.05) is 0 Å². The molecule has 0 aromatic carbocycles. The fourth-order valence-corrected chi connectivity index (χ4v) is 1.80. The maximum atomic E-state index is 4.10. The van der Waals surface area contributed by atoms with Gasteiger partial charge < -0.3 is 4.57 Å². The summed E-state index contributed by atoms with van der Waals surface area (Å²) in [5.74, 6) is 0. The van der Waals surface area contributed by atoms with E-state index in [2.05, 4.69) is 33.6 Å². The summed E-state index contributed by atoms with van der Waals surface area (Å²) >= 11 is 0. The fourth-order valence-electron chi connectivity index (χ4n) is 1.80. The number of imidazole rings is 1. The van der Waals surface area contributed by atoms with Gasteiger partial charge in [0.15, 0.2) is 0 Å². The maximum absolute atomic E-state index is 4.10. The number of rotatable bonds is 4. The second-order valence-electron chi connectivity index (χ2n) is 3.59. The highest BCUT2D eigenvalue weighted by Gasteiger charge is 2.11. The maximum Gasteiger partial charge on any atom is 0.0951 e. The van der Waals surface area contributed by atoms with E-state index in [-0.39, 0.29) is 0 Å². The molecule has 0 radical (unpaired) electrons. The van der Waals surface area contributed by atoms with Gasteiger partial charge in [-0.05, 0) is 24.1 Å². The predicted octanol–water partition coefficient (Wildman–Crippen LogP) is 2.67. The molecule has 0 N–H and O–H groups in total. The van der Waals surface area contributed by atoms with Gasteiger partial charge in [0.05, 0.1) is 12.4 Å². The highest BCUT2D eigenvalue weighted by Crippen LogP contribution is 2.22. The van der Waals surface area contributed by atoms with Crippen molar-refractivity contribution in [2.45, 2.75) is 25.8 Å². The molecule has 2 rings (SSSR count). The van der Waals surface area contributed by atoms with E-state index in [1.165, 1.54) is 5.56 Å². The molecule has 2 heterocycles. The lowest BCUT2D eigenvalue weighted by atomic mass is 10.0. The zero-order valence-corrected chi connectivity index (χ0v) is 8.87. The summed E-state index contributed by atoms with van der Waals surface area (Å²) in [5.41, 5.74) is 1.30. The van der Waals surface area contributed by atoms with E-state index in [0.717, 1.165) is 12.8 Å². The molecule has 3 heteroatoms. The number of hydrogen-bond acceptors (Lipinski definition) is 2. The lowest BCUT2D eigenvalue weighted by Gasteiger charge is -2.17. The van der Waals surface area contributed by atoms with Gasteiger partial charge in [0, 0.05) is 24.8 Å². The summed E-state index contributed by atoms with van der Waals surface area (Å²) in [7, 11) is 0. The average molecular weight is 201 g/mol. The molecule has 0 amide bonds. The molecule has 0 fully saturated rings. The third-order valence-corrected chi connectivity index (χ3v) is 2.54. The Morgan fingerprint density at radius 1 is 1.20 bits per heavy atom. The van der Waals surface area contributed by atoms with E-state index in [9.17, 15) is 0 Å². The van der Waals surface area contributed by atoms with Crippen LogP contribution in [-0.2, 0) is 0 Å². The number of nitrogens with zero attached hydrogens (tertiary/aromatic N) is 3. The Morgan fingerprint density at radius 3 is 2.60 bits per heavy atom. The molecule has 0 saturated heterocycles. The minimum Gasteiger partial charge on any atom is -0.330 e. The summed E-state index contributed by atoms with van der Waals surface area (Å²) in [6.07, 6.45) is 11.7. The SMILES string of the molecule is CCCC(c1ccncc1)n1ccnc1. The quantitative estimate of drug-likeness (QED) is 0.761. The van der Waals surface area contributed by atoms with Crippen molar-refractivity contribution in [3.63, 3.8) is 0 Å². The second kappa shape index (κ2) is 4.73. The molecule has 15 heavy (non-hydrogen) atoms. The van der Waals surface area contributed by atoms with Crippen LogP contribution in [0.4, 0.5) is 0 Å². The molecule has 2 aromatic rings. The second-order valence-corrected chi connectivity index (χ2v) is 3.59. The van der Waals surface area contributed by atoms with Crippen LogP contribution in [0, 0.1) is 0 Å². The van der Waals surface area contributed by atoms with Gasteiger partial charge in [0.25, 0.3) is 0 Å². The zero-order valence-electron chi connectivity index (χ0n) is 8.87. The first-order chi connectivity index (χ1) is 7.42. The first-order valence-corrected chi connectivity index (χ1v) is 5.29. The molecular formula is C12H15N3. The molecule has 0 aliphatic rings. The van der Waals surface area contributed by atoms with Gasteiger partial charge in [0.1, 0.15) is 0 Å². The number of aromatic nitrogens is 3. The number of pyridine rings is 1. The van der Waals surface area contributed by atoms with E-state index in [1.807, 2.05) is 31.1 Å². The van der Waals surface area contributed by atoms with E-state index in [0.29, 0.717) is 6.04 Å². The number of hydrogen-bond donors (Lipinski definition) is 0. The molecule has 1 unspecified atom stereocenters. The third-order valence-electron chi connectivity index (χ3n) is 2.54. The van der Waals surface area contributed by atoms with Crippen molar-refractivity contribution in [1.29, 1.82) is 0 Å². The predicted molar refractivity (Wildman–Crippen MR) is 59.5 cm³/mol. The standard InChI is InChI=1S/C12H15N3/c1-2-3-12(15-9-8-14-10-15)11-4-6-13-7-5-11/h4-10,12H,2-3H2,1H3. The highest BCUT2D eigenvalue weighted by molar-refractivity contribution is 5.16. The molecule has 78 valence electrons. The van der Waals surface area contributed by atoms with Crippen molar-refractivity contribution in [3.8, 4) is 0 Å². The minimum absolute atomic E-state index is 0.389. The lowest BCUT2D eigenvalue weighted by Crippen LogP contribution is -2.08. The molecule has 3 nitrogen and oxygen atoms in total. The van der Waals surface area contributed by atoms with Crippen molar-refractivity contribution in [3.05, 3.63) is 48.8 Å². The molecular weight excluding hydrogens is 186 g/mol. The Labute approximate surface area is 89.8 Å². The van der Waals surface area contributed by atoms with Crippen molar-refractivity contribution in [2.24, 2.45) is 0 Å². The fraction of sp³-hybridized carbons (Fsp3) is 0.333. The molecule has 0 aliphatic heterocycles. The van der Waals surface area contributed by atoms with Crippen LogP contribution >= 0.6 is 0 Å². The van der Waals surface area contributed by atoms with Crippen LogP contribution in [0.15, 0.2) is 43.2 Å². The normalized spacial score (nSPS) is 12.6. The van der Waals surface area contributed by atoms with Crippen molar-refractivity contribution in [1.82, 2.24) is 14.5 Å². The zero-order chi connectivity index (χ0) is 10.5. The Bertz CT molecular complexity index is 381. The molecule has 1 atom stereocenters. The van der Waals surface area contributed by atoms with Gasteiger partial charge in [-0.15, -0.1) is 0 Å². The van der Waals surface area contributed by atoms with Gasteiger partial charge in [-0.1, -0.05) is 13.3 Å². The lowest BCUT2D eigenvalue weighted by molar-refractivity contribution is 0.532. The van der Waals surface area contributed by atoms with E-state index >= 15 is 0 Å². The smallest absolute Gasteiger partial charge is 0.0951 e. The van der Waals surface area contributed by atoms with Crippen LogP contribution in [0.1, 0.15) is 31.4 Å². The van der Waals surface area contributed by atoms with Gasteiger partial charge >= 0.3 is 0 Å². The van der Waals surface area contributed by atoms with E-state index in [4.69, 9.17) is 0 Å². The summed E-state index contributed by atoms with van der Waals surface area (Å²) in [6, 6.07) is 4.53. The van der Waals surface area contributed by atoms with Crippen LogP contribution in [0.2, 0.25) is 0 Å². The Hall–Kier alpha value is -1.64. The molecule has 0 aliphatic carbocycles. The van der Waals surface area contributed by atoms with E-state index in [1.54, 1.807) is 0 Å². The monoisotopic (exact) mass is 201 g/mol. The average Bonchev–Trinajstić information content (AvgIpc) is 2.80. The minimum atomic E-state index is 0.389. The highest BCUT2D eigenvalue weighted by atomic mass is 15.0. The molecule has 0 bridgehead atoms. The first kappa shape index (κ1) is 9.90. The van der Waals surface area contributed by atoms with Crippen molar-refractivity contribution >= 4 is 0 Å². The van der Waals surface area contributed by atoms with Crippen LogP contribution in [0.3, 0.4) is 0 Å². The topological polar surface area (TPSA) is 30.7 Å². The van der Waals surface area contributed by atoms with E-state index < -0.39 is 0 Å². The van der Waals surface area contributed by atoms with Crippen LogP contribution in [0.25, 0.3) is 0 Å². The third kappa shape index (κ3) is 2.24. The Kier molecular flexibility index (Phi) is 3.12. The van der Waals surface area contributed by atoms with Gasteiger partial charge in [-0.3, -0.25) is 4.98 Å². The van der Waals surface area contributed by atoms with Gasteiger partial charge in [-0.25, -0.2) is 4.98 Å². The van der Waals surface area contributed by atoms with Gasteiger partial charge in [-0.2, -0.15) is 0 Å². The summed E-state index contributed by atoms with van der Waals surface area (Å²) in [5, 5.41) is 0. The largest absolute Gasteiger partial charge is 0.330 e. The summed E-state index contributed by atoms with van der Waals surface area (Å²) in [6.45, 7) is 2.20. The van der Waals surface area contributed by atoms with Crippen molar-refractivity contribution < 1.29 is 0 Å². The summed E-state index contributed by atoms with van der Waals surface area (Å²) in [4.78, 5) is 8.14. The first-order valence-electron chi connectivity index (χ1n) is 5.29. The molecule has 2 aromatic heterocycles. The molecule has 0 spiro atoms. The van der Waals surface area contributed by atoms with Crippen LogP contribution in [-0.4, -0.2) is 14.5 Å².